The topological polar surface area (TPSA) is 70.4 Å². The number of ether oxygens (including phenoxy) is 1. The predicted molar refractivity (Wildman–Crippen MR) is 77.5 cm³/mol. The number of hydrogen-bond donors (Lipinski definition) is 0. The number of Topliss-reactive ketones (excluding diaryl/α,β-unsaturated/α-hetero) is 1. The van der Waals surface area contributed by atoms with Crippen LogP contribution in [0.15, 0.2) is 0 Å². The van der Waals surface area contributed by atoms with Crippen LogP contribution in [0, 0.1) is 17.2 Å². The zero-order chi connectivity index (χ0) is 15.6. The molecule has 1 amide bonds. The molecule has 0 N–H and O–H groups in total. The van der Waals surface area contributed by atoms with Crippen molar-refractivity contribution < 1.29 is 14.3 Å². The summed E-state index contributed by atoms with van der Waals surface area (Å²) < 4.78 is 5.51. The Bertz CT molecular complexity index is 447. The lowest BCUT2D eigenvalue weighted by molar-refractivity contribution is -0.126. The molecule has 2 aliphatic rings. The Labute approximate surface area is 126 Å². The van der Waals surface area contributed by atoms with Gasteiger partial charge in [0.05, 0.1) is 12.5 Å². The van der Waals surface area contributed by atoms with Gasteiger partial charge in [0.1, 0.15) is 11.4 Å². The van der Waals surface area contributed by atoms with E-state index in [4.69, 9.17) is 10.00 Å². The maximum atomic E-state index is 12.4. The van der Waals surface area contributed by atoms with Gasteiger partial charge < -0.3 is 9.64 Å². The van der Waals surface area contributed by atoms with Crippen LogP contribution in [0.3, 0.4) is 0 Å². The van der Waals surface area contributed by atoms with E-state index in [0.29, 0.717) is 12.8 Å². The highest BCUT2D eigenvalue weighted by Gasteiger charge is 2.44. The highest BCUT2D eigenvalue weighted by Crippen LogP contribution is 2.38. The molecule has 0 spiro atoms. The van der Waals surface area contributed by atoms with Crippen LogP contribution in [-0.2, 0) is 9.53 Å². The first-order valence-corrected chi connectivity index (χ1v) is 7.73. The molecule has 0 saturated carbocycles. The maximum Gasteiger partial charge on any atom is 0.410 e. The van der Waals surface area contributed by atoms with Crippen molar-refractivity contribution in [2.75, 3.05) is 0 Å². The largest absolute Gasteiger partial charge is 0.444 e. The van der Waals surface area contributed by atoms with E-state index in [1.54, 1.807) is 0 Å². The highest BCUT2D eigenvalue weighted by atomic mass is 16.6. The van der Waals surface area contributed by atoms with E-state index in [2.05, 4.69) is 0 Å². The Morgan fingerprint density at radius 3 is 2.29 bits per heavy atom. The van der Waals surface area contributed by atoms with Crippen molar-refractivity contribution in [1.82, 2.24) is 4.90 Å². The second-order valence-electron chi connectivity index (χ2n) is 7.10. The van der Waals surface area contributed by atoms with Gasteiger partial charge in [-0.05, 0) is 52.9 Å². The lowest BCUT2D eigenvalue weighted by Crippen LogP contribution is -2.56. The molecule has 5 heteroatoms. The van der Waals surface area contributed by atoms with Crippen LogP contribution in [0.4, 0.5) is 4.79 Å². The third kappa shape index (κ3) is 3.75. The van der Waals surface area contributed by atoms with Crippen LogP contribution in [0.1, 0.15) is 59.3 Å². The second kappa shape index (κ2) is 6.05. The summed E-state index contributed by atoms with van der Waals surface area (Å²) in [6, 6.07) is 2.11. The number of amides is 1. The molecule has 2 unspecified atom stereocenters. The van der Waals surface area contributed by atoms with Gasteiger partial charge in [0.15, 0.2) is 0 Å². The van der Waals surface area contributed by atoms with Crippen molar-refractivity contribution in [3.05, 3.63) is 0 Å². The molecule has 0 aromatic carbocycles. The van der Waals surface area contributed by atoms with Gasteiger partial charge in [-0.25, -0.2) is 4.79 Å². The van der Waals surface area contributed by atoms with Crippen molar-refractivity contribution >= 4 is 11.9 Å². The van der Waals surface area contributed by atoms with Gasteiger partial charge in [0.25, 0.3) is 0 Å². The van der Waals surface area contributed by atoms with Gasteiger partial charge in [-0.3, -0.25) is 4.79 Å². The van der Waals surface area contributed by atoms with Crippen LogP contribution >= 0.6 is 0 Å². The molecule has 2 heterocycles. The number of piperidine rings is 2. The maximum absolute atomic E-state index is 12.4. The summed E-state index contributed by atoms with van der Waals surface area (Å²) in [5.41, 5.74) is -0.501. The number of carbonyl (C=O) groups is 2. The number of rotatable bonds is 2. The summed E-state index contributed by atoms with van der Waals surface area (Å²) in [6.45, 7) is 5.59. The number of ketones is 1. The third-order valence-corrected chi connectivity index (χ3v) is 4.29. The fraction of sp³-hybridized carbons (Fsp3) is 0.812. The monoisotopic (exact) mass is 292 g/mol. The Morgan fingerprint density at radius 1 is 1.24 bits per heavy atom. The van der Waals surface area contributed by atoms with Gasteiger partial charge in [-0.2, -0.15) is 5.26 Å². The number of nitriles is 1. The summed E-state index contributed by atoms with van der Waals surface area (Å²) >= 11 is 0. The molecule has 116 valence electrons. The van der Waals surface area contributed by atoms with E-state index in [-0.39, 0.29) is 36.3 Å². The Morgan fingerprint density at radius 2 is 1.81 bits per heavy atom. The molecule has 2 fully saturated rings. The van der Waals surface area contributed by atoms with Crippen molar-refractivity contribution in [1.29, 1.82) is 5.26 Å². The third-order valence-electron chi connectivity index (χ3n) is 4.29. The SMILES string of the molecule is CC(C)(C)OC(=O)N1C2CCCC1CC(C(=O)CC#N)C2. The fourth-order valence-corrected chi connectivity index (χ4v) is 3.48. The quantitative estimate of drug-likeness (QED) is 0.784. The van der Waals surface area contributed by atoms with Crippen LogP contribution in [-0.4, -0.2) is 34.5 Å². The molecule has 2 saturated heterocycles. The van der Waals surface area contributed by atoms with E-state index in [9.17, 15) is 9.59 Å². The summed E-state index contributed by atoms with van der Waals surface area (Å²) in [5, 5.41) is 8.68. The summed E-state index contributed by atoms with van der Waals surface area (Å²) in [5.74, 6) is -0.0446. The molecule has 0 aromatic rings. The van der Waals surface area contributed by atoms with Crippen LogP contribution in [0.2, 0.25) is 0 Å². The van der Waals surface area contributed by atoms with E-state index >= 15 is 0 Å². The van der Waals surface area contributed by atoms with Crippen LogP contribution in [0.25, 0.3) is 0 Å². The molecular weight excluding hydrogens is 268 g/mol. The molecule has 21 heavy (non-hydrogen) atoms. The molecule has 2 aliphatic heterocycles. The Hall–Kier alpha value is -1.57. The van der Waals surface area contributed by atoms with Crippen molar-refractivity contribution in [2.45, 2.75) is 77.0 Å². The Balaban J connectivity index is 2.08. The smallest absolute Gasteiger partial charge is 0.410 e. The summed E-state index contributed by atoms with van der Waals surface area (Å²) in [6.07, 6.45) is 4.01. The molecule has 2 bridgehead atoms. The average Bonchev–Trinajstić information content (AvgIpc) is 2.35. The molecule has 5 nitrogen and oxygen atoms in total. The minimum Gasteiger partial charge on any atom is -0.444 e. The van der Waals surface area contributed by atoms with Gasteiger partial charge in [0.2, 0.25) is 0 Å². The first kappa shape index (κ1) is 15.8. The van der Waals surface area contributed by atoms with Gasteiger partial charge >= 0.3 is 6.09 Å². The summed E-state index contributed by atoms with van der Waals surface area (Å²) in [4.78, 5) is 26.2. The zero-order valence-electron chi connectivity index (χ0n) is 13.1. The first-order chi connectivity index (χ1) is 9.81. The van der Waals surface area contributed by atoms with Gasteiger partial charge in [-0.15, -0.1) is 0 Å². The number of nitrogens with zero attached hydrogens (tertiary/aromatic N) is 2. The van der Waals surface area contributed by atoms with E-state index < -0.39 is 5.60 Å². The van der Waals surface area contributed by atoms with E-state index in [1.165, 1.54) is 0 Å². The van der Waals surface area contributed by atoms with E-state index in [0.717, 1.165) is 19.3 Å². The average molecular weight is 292 g/mol. The summed E-state index contributed by atoms with van der Waals surface area (Å²) in [7, 11) is 0. The number of hydrogen-bond acceptors (Lipinski definition) is 4. The molecule has 0 aromatic heterocycles. The molecule has 2 rings (SSSR count). The van der Waals surface area contributed by atoms with Gasteiger partial charge in [0, 0.05) is 18.0 Å². The second-order valence-corrected chi connectivity index (χ2v) is 7.10. The van der Waals surface area contributed by atoms with Crippen molar-refractivity contribution in [2.24, 2.45) is 5.92 Å². The molecule has 0 aliphatic carbocycles. The lowest BCUT2D eigenvalue weighted by atomic mass is 9.76. The van der Waals surface area contributed by atoms with E-state index in [1.807, 2.05) is 31.7 Å². The molecular formula is C16H24N2O3. The molecule has 2 atom stereocenters. The van der Waals surface area contributed by atoms with Crippen molar-refractivity contribution in [3.63, 3.8) is 0 Å². The highest BCUT2D eigenvalue weighted by molar-refractivity contribution is 5.83. The lowest BCUT2D eigenvalue weighted by Gasteiger charge is -2.48. The standard InChI is InChI=1S/C16H24N2O3/c1-16(2,3)21-15(20)18-12-5-4-6-13(18)10-11(9-12)14(19)7-8-17/h11-13H,4-7,9-10H2,1-3H3. The zero-order valence-corrected chi connectivity index (χ0v) is 13.1. The number of fused-ring (bicyclic) bond motifs is 2. The van der Waals surface area contributed by atoms with Crippen LogP contribution < -0.4 is 0 Å². The van der Waals surface area contributed by atoms with Gasteiger partial charge in [-0.1, -0.05) is 0 Å². The predicted octanol–water partition coefficient (Wildman–Crippen LogP) is 3.04. The fourth-order valence-electron chi connectivity index (χ4n) is 3.48. The number of carbonyl (C=O) groups excluding carboxylic acids is 2. The minimum absolute atomic E-state index is 0.0173. The minimum atomic E-state index is -0.501. The van der Waals surface area contributed by atoms with Crippen molar-refractivity contribution in [3.8, 4) is 6.07 Å². The first-order valence-electron chi connectivity index (χ1n) is 7.73. The Kier molecular flexibility index (Phi) is 4.55. The molecule has 0 radical (unpaired) electrons. The van der Waals surface area contributed by atoms with Crippen LogP contribution in [0.5, 0.6) is 0 Å². The normalized spacial score (nSPS) is 28.7.